The first-order valence-electron chi connectivity index (χ1n) is 5.98. The number of nitrogens with zero attached hydrogens (tertiary/aromatic N) is 2. The van der Waals surface area contributed by atoms with E-state index < -0.39 is 18.4 Å². The number of fused-ring (bicyclic) bond motifs is 1. The molecule has 0 saturated carbocycles. The van der Waals surface area contributed by atoms with Gasteiger partial charge in [-0.1, -0.05) is 23.2 Å². The highest BCUT2D eigenvalue weighted by Crippen LogP contribution is 2.36. The fourth-order valence-corrected chi connectivity index (χ4v) is 3.30. The molecule has 0 bridgehead atoms. The Morgan fingerprint density at radius 2 is 2.10 bits per heavy atom. The van der Waals surface area contributed by atoms with Gasteiger partial charge in [0.05, 0.1) is 33.8 Å². The molecule has 0 spiro atoms. The molecule has 3 atom stereocenters. The van der Waals surface area contributed by atoms with Crippen molar-refractivity contribution >= 4 is 50.2 Å². The topological polar surface area (TPSA) is 67.5 Å². The van der Waals surface area contributed by atoms with Crippen LogP contribution in [0.3, 0.4) is 0 Å². The SMILES string of the molecule is OC[C@@H]1O[C@H](n2c(Br)nc3cc(Cl)c(Cl)cc32)C[C@@H]1O. The van der Waals surface area contributed by atoms with Crippen molar-refractivity contribution < 1.29 is 14.9 Å². The first-order valence-corrected chi connectivity index (χ1v) is 7.53. The second-order valence-electron chi connectivity index (χ2n) is 4.62. The second-order valence-corrected chi connectivity index (χ2v) is 6.14. The highest BCUT2D eigenvalue weighted by molar-refractivity contribution is 9.10. The number of halogens is 3. The highest BCUT2D eigenvalue weighted by Gasteiger charge is 2.36. The summed E-state index contributed by atoms with van der Waals surface area (Å²) < 4.78 is 7.99. The molecule has 1 fully saturated rings. The minimum Gasteiger partial charge on any atom is -0.394 e. The lowest BCUT2D eigenvalue weighted by Gasteiger charge is -2.15. The van der Waals surface area contributed by atoms with Crippen molar-refractivity contribution in [2.45, 2.75) is 24.9 Å². The lowest BCUT2D eigenvalue weighted by atomic mass is 10.2. The predicted octanol–water partition coefficient (Wildman–Crippen LogP) is 2.75. The van der Waals surface area contributed by atoms with Crippen molar-refractivity contribution in [2.75, 3.05) is 6.61 Å². The zero-order valence-corrected chi connectivity index (χ0v) is 13.2. The van der Waals surface area contributed by atoms with Crippen molar-refractivity contribution in [2.24, 2.45) is 0 Å². The van der Waals surface area contributed by atoms with Gasteiger partial charge in [0.2, 0.25) is 0 Å². The van der Waals surface area contributed by atoms with E-state index in [2.05, 4.69) is 20.9 Å². The van der Waals surface area contributed by atoms with E-state index in [-0.39, 0.29) is 6.61 Å². The molecule has 2 aromatic rings. The fraction of sp³-hybridized carbons (Fsp3) is 0.417. The smallest absolute Gasteiger partial charge is 0.180 e. The molecule has 0 amide bonds. The van der Waals surface area contributed by atoms with Gasteiger partial charge in [-0.2, -0.15) is 0 Å². The summed E-state index contributed by atoms with van der Waals surface area (Å²) in [5, 5.41) is 19.8. The molecule has 1 saturated heterocycles. The standard InChI is InChI=1S/C12H11BrCl2N2O3/c13-12-16-7-1-5(14)6(15)2-8(7)17(12)11-3-9(19)10(4-18)20-11/h1-2,9-11,18-19H,3-4H2/t9-,10-,11-/m0/s1. The molecule has 8 heteroatoms. The monoisotopic (exact) mass is 380 g/mol. The van der Waals surface area contributed by atoms with Crippen LogP contribution in [0.25, 0.3) is 11.0 Å². The Kier molecular flexibility index (Phi) is 3.96. The zero-order chi connectivity index (χ0) is 14.4. The lowest BCUT2D eigenvalue weighted by Crippen LogP contribution is -2.24. The van der Waals surface area contributed by atoms with Crippen LogP contribution in [0.5, 0.6) is 0 Å². The van der Waals surface area contributed by atoms with Crippen molar-refractivity contribution in [1.82, 2.24) is 9.55 Å². The lowest BCUT2D eigenvalue weighted by molar-refractivity contribution is -0.0437. The van der Waals surface area contributed by atoms with Gasteiger partial charge in [0, 0.05) is 6.42 Å². The van der Waals surface area contributed by atoms with Gasteiger partial charge in [-0.25, -0.2) is 4.98 Å². The number of imidazole rings is 1. The first-order chi connectivity index (χ1) is 9.51. The van der Waals surface area contributed by atoms with E-state index in [1.54, 1.807) is 16.7 Å². The van der Waals surface area contributed by atoms with E-state index in [1.807, 2.05) is 0 Å². The number of rotatable bonds is 2. The van der Waals surface area contributed by atoms with Crippen LogP contribution in [0.15, 0.2) is 16.9 Å². The zero-order valence-electron chi connectivity index (χ0n) is 10.1. The number of hydrogen-bond acceptors (Lipinski definition) is 4. The number of hydrogen-bond donors (Lipinski definition) is 2. The molecule has 1 aromatic carbocycles. The van der Waals surface area contributed by atoms with Gasteiger partial charge in [0.15, 0.2) is 4.73 Å². The molecule has 20 heavy (non-hydrogen) atoms. The van der Waals surface area contributed by atoms with E-state index in [4.69, 9.17) is 33.0 Å². The number of benzene rings is 1. The van der Waals surface area contributed by atoms with Gasteiger partial charge < -0.3 is 14.9 Å². The van der Waals surface area contributed by atoms with E-state index in [9.17, 15) is 5.11 Å². The van der Waals surface area contributed by atoms with Crippen LogP contribution in [0.4, 0.5) is 0 Å². The average Bonchev–Trinajstić information content (AvgIpc) is 2.90. The predicted molar refractivity (Wildman–Crippen MR) is 79.1 cm³/mol. The maximum Gasteiger partial charge on any atom is 0.180 e. The molecule has 0 unspecified atom stereocenters. The molecule has 3 rings (SSSR count). The highest BCUT2D eigenvalue weighted by atomic mass is 79.9. The molecule has 1 aliphatic rings. The Hall–Kier alpha value is -0.370. The van der Waals surface area contributed by atoms with Gasteiger partial charge in [-0.05, 0) is 28.1 Å². The van der Waals surface area contributed by atoms with Gasteiger partial charge >= 0.3 is 0 Å². The molecular weight excluding hydrogens is 371 g/mol. The van der Waals surface area contributed by atoms with Gasteiger partial charge in [-0.15, -0.1) is 0 Å². The molecule has 2 heterocycles. The Labute approximate surface area is 133 Å². The summed E-state index contributed by atoms with van der Waals surface area (Å²) >= 11 is 15.4. The molecule has 108 valence electrons. The van der Waals surface area contributed by atoms with E-state index in [0.717, 1.165) is 5.52 Å². The Morgan fingerprint density at radius 1 is 1.40 bits per heavy atom. The van der Waals surface area contributed by atoms with Gasteiger partial charge in [0.25, 0.3) is 0 Å². The van der Waals surface area contributed by atoms with E-state index in [1.165, 1.54) is 0 Å². The molecule has 5 nitrogen and oxygen atoms in total. The Morgan fingerprint density at radius 3 is 2.75 bits per heavy atom. The minimum absolute atomic E-state index is 0.228. The largest absolute Gasteiger partial charge is 0.394 e. The fourth-order valence-electron chi connectivity index (χ4n) is 2.37. The summed E-state index contributed by atoms with van der Waals surface area (Å²) in [6.07, 6.45) is -1.35. The van der Waals surface area contributed by atoms with Crippen molar-refractivity contribution in [3.8, 4) is 0 Å². The van der Waals surface area contributed by atoms with Crippen LogP contribution in [0.1, 0.15) is 12.6 Å². The minimum atomic E-state index is -0.711. The second kappa shape index (κ2) is 5.44. The van der Waals surface area contributed by atoms with Crippen LogP contribution in [0, 0.1) is 0 Å². The average molecular weight is 382 g/mol. The van der Waals surface area contributed by atoms with Crippen molar-refractivity contribution in [1.29, 1.82) is 0 Å². The van der Waals surface area contributed by atoms with Crippen LogP contribution >= 0.6 is 39.1 Å². The molecular formula is C12H11BrCl2N2O3. The third-order valence-electron chi connectivity index (χ3n) is 3.36. The Bertz CT molecular complexity index is 664. The summed E-state index contributed by atoms with van der Waals surface area (Å²) in [6, 6.07) is 3.38. The molecule has 1 aliphatic heterocycles. The number of aliphatic hydroxyl groups excluding tert-OH is 2. The maximum atomic E-state index is 9.84. The van der Waals surface area contributed by atoms with Crippen LogP contribution < -0.4 is 0 Å². The van der Waals surface area contributed by atoms with Crippen molar-refractivity contribution in [3.05, 3.63) is 26.9 Å². The Balaban J connectivity index is 2.08. The molecule has 0 radical (unpaired) electrons. The third-order valence-corrected chi connectivity index (χ3v) is 4.64. The van der Waals surface area contributed by atoms with Crippen LogP contribution in [0.2, 0.25) is 10.0 Å². The molecule has 0 aliphatic carbocycles. The van der Waals surface area contributed by atoms with Gasteiger partial charge in [0.1, 0.15) is 12.3 Å². The summed E-state index contributed by atoms with van der Waals surface area (Å²) in [4.78, 5) is 4.35. The molecule has 1 aromatic heterocycles. The van der Waals surface area contributed by atoms with E-state index >= 15 is 0 Å². The van der Waals surface area contributed by atoms with Crippen LogP contribution in [-0.2, 0) is 4.74 Å². The summed E-state index contributed by atoms with van der Waals surface area (Å²) in [7, 11) is 0. The first kappa shape index (κ1) is 14.6. The maximum absolute atomic E-state index is 9.84. The number of aromatic nitrogens is 2. The molecule has 2 N–H and O–H groups in total. The normalized spacial score (nSPS) is 26.6. The number of ether oxygens (including phenoxy) is 1. The van der Waals surface area contributed by atoms with Gasteiger partial charge in [-0.3, -0.25) is 4.57 Å². The van der Waals surface area contributed by atoms with Crippen LogP contribution in [-0.4, -0.2) is 38.6 Å². The van der Waals surface area contributed by atoms with Crippen molar-refractivity contribution in [3.63, 3.8) is 0 Å². The summed E-state index contributed by atoms with van der Waals surface area (Å²) in [5.41, 5.74) is 1.43. The summed E-state index contributed by atoms with van der Waals surface area (Å²) in [6.45, 7) is -0.228. The summed E-state index contributed by atoms with van der Waals surface area (Å²) in [5.74, 6) is 0. The quantitative estimate of drug-likeness (QED) is 0.839. The number of aliphatic hydroxyl groups is 2. The third kappa shape index (κ3) is 2.34. The van der Waals surface area contributed by atoms with E-state index in [0.29, 0.717) is 26.7 Å².